The Balaban J connectivity index is 1.21. The maximum Gasteiger partial charge on any atom is 0.0543 e. The molecule has 3 aliphatic carbocycles. The predicted molar refractivity (Wildman–Crippen MR) is 266 cm³/mol. The van der Waals surface area contributed by atoms with E-state index in [1.54, 1.807) is 0 Å². The van der Waals surface area contributed by atoms with Crippen molar-refractivity contribution in [1.29, 1.82) is 0 Å². The van der Waals surface area contributed by atoms with Gasteiger partial charge in [0.15, 0.2) is 0 Å². The largest absolute Gasteiger partial charge is 0.310 e. The molecule has 0 N–H and O–H groups in total. The van der Waals surface area contributed by atoms with E-state index in [9.17, 15) is 0 Å². The van der Waals surface area contributed by atoms with E-state index in [0.717, 1.165) is 17.8 Å². The SMILES string of the molecule is CC1(C)CCC(C)(C)c2cc(-c3ccc(N(c4ccc(-c5ccccc5)cc4)c4cc5c(cc4-c4cccc6c4C(C)(C)CCC6(C)C)-c4ccccc4C5(C)C)cc3)ccc21. The monoisotopic (exact) mass is 809 g/mol. The molecule has 0 bridgehead atoms. The second-order valence-corrected chi connectivity index (χ2v) is 21.9. The van der Waals surface area contributed by atoms with E-state index in [1.807, 2.05) is 0 Å². The molecule has 0 amide bonds. The Bertz CT molecular complexity index is 2850. The van der Waals surface area contributed by atoms with Crippen molar-refractivity contribution in [2.75, 3.05) is 4.90 Å². The third-order valence-corrected chi connectivity index (χ3v) is 15.6. The first-order valence-electron chi connectivity index (χ1n) is 23.1. The molecule has 62 heavy (non-hydrogen) atoms. The van der Waals surface area contributed by atoms with Crippen LogP contribution in [0.5, 0.6) is 0 Å². The smallest absolute Gasteiger partial charge is 0.0543 e. The normalized spacial score (nSPS) is 18.2. The fraction of sp³-hybridized carbons (Fsp3) is 0.311. The molecule has 312 valence electrons. The second kappa shape index (κ2) is 14.2. The van der Waals surface area contributed by atoms with Gasteiger partial charge in [0.1, 0.15) is 0 Å². The van der Waals surface area contributed by atoms with Crippen LogP contribution in [0.3, 0.4) is 0 Å². The lowest BCUT2D eigenvalue weighted by atomic mass is 9.61. The van der Waals surface area contributed by atoms with Crippen molar-refractivity contribution < 1.29 is 0 Å². The summed E-state index contributed by atoms with van der Waals surface area (Å²) in [7, 11) is 0. The number of hydrogen-bond donors (Lipinski definition) is 0. The van der Waals surface area contributed by atoms with Crippen LogP contribution in [-0.4, -0.2) is 0 Å². The van der Waals surface area contributed by atoms with Crippen molar-refractivity contribution in [2.45, 2.75) is 122 Å². The molecule has 7 aromatic rings. The van der Waals surface area contributed by atoms with Crippen LogP contribution in [-0.2, 0) is 27.1 Å². The second-order valence-electron chi connectivity index (χ2n) is 21.9. The van der Waals surface area contributed by atoms with E-state index in [4.69, 9.17) is 0 Å². The minimum Gasteiger partial charge on any atom is -0.310 e. The zero-order valence-corrected chi connectivity index (χ0v) is 38.7. The van der Waals surface area contributed by atoms with Gasteiger partial charge in [-0.1, -0.05) is 184 Å². The van der Waals surface area contributed by atoms with E-state index >= 15 is 0 Å². The van der Waals surface area contributed by atoms with Crippen LogP contribution in [0.25, 0.3) is 44.5 Å². The van der Waals surface area contributed by atoms with Gasteiger partial charge in [-0.2, -0.15) is 0 Å². The highest BCUT2D eigenvalue weighted by atomic mass is 15.1. The highest BCUT2D eigenvalue weighted by molar-refractivity contribution is 5.96. The summed E-state index contributed by atoms with van der Waals surface area (Å²) in [5.74, 6) is 0. The average Bonchev–Trinajstić information content (AvgIpc) is 3.49. The van der Waals surface area contributed by atoms with E-state index in [1.165, 1.54) is 103 Å². The summed E-state index contributed by atoms with van der Waals surface area (Å²) in [5, 5.41) is 0. The molecule has 1 heteroatoms. The number of fused-ring (bicyclic) bond motifs is 5. The summed E-state index contributed by atoms with van der Waals surface area (Å²) in [6.07, 6.45) is 4.76. The molecule has 0 spiro atoms. The van der Waals surface area contributed by atoms with Gasteiger partial charge in [-0.15, -0.1) is 0 Å². The maximum atomic E-state index is 2.56. The number of anilines is 3. The molecule has 0 fully saturated rings. The fourth-order valence-electron chi connectivity index (χ4n) is 11.5. The highest BCUT2D eigenvalue weighted by Gasteiger charge is 2.42. The third-order valence-electron chi connectivity index (χ3n) is 15.6. The van der Waals surface area contributed by atoms with Crippen molar-refractivity contribution in [3.63, 3.8) is 0 Å². The number of rotatable bonds is 6. The van der Waals surface area contributed by atoms with Gasteiger partial charge in [0.05, 0.1) is 5.69 Å². The number of hydrogen-bond acceptors (Lipinski definition) is 1. The summed E-state index contributed by atoms with van der Waals surface area (Å²) < 4.78 is 0. The van der Waals surface area contributed by atoms with E-state index in [0.29, 0.717) is 0 Å². The quantitative estimate of drug-likeness (QED) is 0.162. The molecule has 0 atom stereocenters. The predicted octanol–water partition coefficient (Wildman–Crippen LogP) is 17.2. The molecular formula is C61H63N. The number of nitrogens with zero attached hydrogens (tertiary/aromatic N) is 1. The van der Waals surface area contributed by atoms with Gasteiger partial charge in [-0.3, -0.25) is 0 Å². The maximum absolute atomic E-state index is 2.56. The summed E-state index contributed by atoms with van der Waals surface area (Å²) in [5.41, 5.74) is 22.9. The van der Waals surface area contributed by atoms with Crippen LogP contribution >= 0.6 is 0 Å². The van der Waals surface area contributed by atoms with Crippen LogP contribution in [0.1, 0.15) is 128 Å². The van der Waals surface area contributed by atoms with Gasteiger partial charge in [-0.25, -0.2) is 0 Å². The van der Waals surface area contributed by atoms with Gasteiger partial charge in [-0.05, 0) is 156 Å². The zero-order valence-electron chi connectivity index (χ0n) is 38.7. The van der Waals surface area contributed by atoms with Crippen molar-refractivity contribution in [3.05, 3.63) is 185 Å². The van der Waals surface area contributed by atoms with Crippen molar-refractivity contribution in [3.8, 4) is 44.5 Å². The Morgan fingerprint density at radius 3 is 1.48 bits per heavy atom. The minimum absolute atomic E-state index is 0.0252. The Hall–Kier alpha value is -5.66. The molecule has 0 heterocycles. The standard InChI is InChI=1S/C61H63N/c1-57(2)33-34-59(5,6)54-37-43(27-32-51(54)57)42-25-30-45(31-26-42)62(44-28-23-41(24-29-44)40-17-12-11-13-18-40)55-39-53-48(46-19-14-15-21-50(46)61(53,9)10)38-49(55)47-20-16-22-52-56(47)60(7,8)36-35-58(52,3)4/h11-32,37-39H,33-36H2,1-10H3. The van der Waals surface area contributed by atoms with E-state index < -0.39 is 0 Å². The lowest BCUT2D eigenvalue weighted by Gasteiger charge is -2.43. The summed E-state index contributed by atoms with van der Waals surface area (Å²) in [6, 6.07) is 58.0. The van der Waals surface area contributed by atoms with Gasteiger partial charge in [0, 0.05) is 22.4 Å². The topological polar surface area (TPSA) is 3.24 Å². The lowest BCUT2D eigenvalue weighted by molar-refractivity contribution is 0.332. The summed E-state index contributed by atoms with van der Waals surface area (Å²) in [6.45, 7) is 24.3. The Morgan fingerprint density at radius 2 is 0.823 bits per heavy atom. The Labute approximate surface area is 371 Å². The molecule has 0 unspecified atom stereocenters. The zero-order chi connectivity index (χ0) is 43.4. The van der Waals surface area contributed by atoms with Gasteiger partial charge >= 0.3 is 0 Å². The molecule has 0 saturated carbocycles. The molecule has 0 radical (unpaired) electrons. The van der Waals surface area contributed by atoms with Crippen LogP contribution in [0.15, 0.2) is 152 Å². The lowest BCUT2D eigenvalue weighted by Crippen LogP contribution is -2.34. The Kier molecular flexibility index (Phi) is 9.24. The molecule has 1 nitrogen and oxygen atoms in total. The third kappa shape index (κ3) is 6.49. The number of benzene rings is 7. The van der Waals surface area contributed by atoms with E-state index in [2.05, 4.69) is 226 Å². The van der Waals surface area contributed by atoms with Crippen LogP contribution < -0.4 is 4.90 Å². The Morgan fingerprint density at radius 1 is 0.323 bits per heavy atom. The van der Waals surface area contributed by atoms with Crippen LogP contribution in [0.4, 0.5) is 17.1 Å². The molecule has 7 aromatic carbocycles. The van der Waals surface area contributed by atoms with Crippen molar-refractivity contribution >= 4 is 17.1 Å². The minimum atomic E-state index is -0.155. The van der Waals surface area contributed by atoms with Crippen molar-refractivity contribution in [1.82, 2.24) is 0 Å². The molecule has 0 aliphatic heterocycles. The van der Waals surface area contributed by atoms with E-state index in [-0.39, 0.29) is 27.1 Å². The molecule has 10 rings (SSSR count). The highest BCUT2D eigenvalue weighted by Crippen LogP contribution is 2.56. The molecule has 3 aliphatic rings. The molecular weight excluding hydrogens is 747 g/mol. The van der Waals surface area contributed by atoms with Crippen molar-refractivity contribution in [2.24, 2.45) is 0 Å². The fourth-order valence-corrected chi connectivity index (χ4v) is 11.5. The molecule has 0 saturated heterocycles. The first kappa shape index (κ1) is 40.4. The van der Waals surface area contributed by atoms with Crippen LogP contribution in [0, 0.1) is 0 Å². The first-order valence-corrected chi connectivity index (χ1v) is 23.1. The summed E-state index contributed by atoms with van der Waals surface area (Å²) in [4.78, 5) is 2.55. The van der Waals surface area contributed by atoms with Crippen LogP contribution in [0.2, 0.25) is 0 Å². The summed E-state index contributed by atoms with van der Waals surface area (Å²) >= 11 is 0. The first-order chi connectivity index (χ1) is 29.5. The van der Waals surface area contributed by atoms with Gasteiger partial charge < -0.3 is 4.90 Å². The molecule has 0 aromatic heterocycles. The average molecular weight is 810 g/mol. The van der Waals surface area contributed by atoms with Gasteiger partial charge in [0.2, 0.25) is 0 Å². The van der Waals surface area contributed by atoms with Gasteiger partial charge in [0.25, 0.3) is 0 Å².